The summed E-state index contributed by atoms with van der Waals surface area (Å²) in [6.45, 7) is 0. The molecule has 2 aromatic rings. The lowest BCUT2D eigenvalue weighted by Gasteiger charge is -2.29. The van der Waals surface area contributed by atoms with E-state index in [1.165, 1.54) is 0 Å². The maximum atomic E-state index is 10.8. The second kappa shape index (κ2) is 3.63. The Hall–Kier alpha value is -2.29. The molecule has 0 saturated heterocycles. The summed E-state index contributed by atoms with van der Waals surface area (Å²) in [5.74, 6) is 1.53. The third-order valence-electron chi connectivity index (χ3n) is 2.93. The highest BCUT2D eigenvalue weighted by Gasteiger charge is 2.20. The van der Waals surface area contributed by atoms with Gasteiger partial charge in [-0.15, -0.1) is 0 Å². The lowest BCUT2D eigenvalue weighted by molar-refractivity contribution is 0.112. The molecule has 1 aliphatic rings. The Kier molecular flexibility index (Phi) is 2.11. The lowest BCUT2D eigenvalue weighted by atomic mass is 10.1. The van der Waals surface area contributed by atoms with Crippen molar-refractivity contribution < 1.29 is 9.53 Å². The van der Waals surface area contributed by atoms with Crippen molar-refractivity contribution in [2.75, 3.05) is 11.9 Å². The van der Waals surface area contributed by atoms with Crippen molar-refractivity contribution in [3.8, 4) is 11.5 Å². The van der Waals surface area contributed by atoms with E-state index in [4.69, 9.17) is 4.74 Å². The van der Waals surface area contributed by atoms with E-state index in [0.717, 1.165) is 29.2 Å². The van der Waals surface area contributed by atoms with E-state index < -0.39 is 0 Å². The summed E-state index contributed by atoms with van der Waals surface area (Å²) in [5.41, 5.74) is 2.62. The molecule has 17 heavy (non-hydrogen) atoms. The predicted octanol–water partition coefficient (Wildman–Crippen LogP) is 3.37. The van der Waals surface area contributed by atoms with Crippen molar-refractivity contribution in [2.24, 2.45) is 0 Å². The topological polar surface area (TPSA) is 29.5 Å². The van der Waals surface area contributed by atoms with Gasteiger partial charge in [-0.25, -0.2) is 0 Å². The molecule has 0 atom stereocenters. The molecule has 0 saturated carbocycles. The van der Waals surface area contributed by atoms with Gasteiger partial charge in [0.25, 0.3) is 0 Å². The van der Waals surface area contributed by atoms with Crippen LogP contribution in [-0.4, -0.2) is 13.3 Å². The van der Waals surface area contributed by atoms with Crippen LogP contribution in [0.1, 0.15) is 10.4 Å². The van der Waals surface area contributed by atoms with Crippen LogP contribution in [0, 0.1) is 0 Å². The maximum Gasteiger partial charge on any atom is 0.151 e. The molecule has 84 valence electrons. The number of anilines is 2. The first-order valence-corrected chi connectivity index (χ1v) is 5.39. The van der Waals surface area contributed by atoms with Crippen molar-refractivity contribution in [1.82, 2.24) is 0 Å². The summed E-state index contributed by atoms with van der Waals surface area (Å²) in [6, 6.07) is 13.3. The molecule has 0 unspecified atom stereocenters. The Labute approximate surface area is 99.2 Å². The lowest BCUT2D eigenvalue weighted by Crippen LogP contribution is -2.15. The Morgan fingerprint density at radius 1 is 1.06 bits per heavy atom. The number of aldehydes is 1. The van der Waals surface area contributed by atoms with Gasteiger partial charge in [0.2, 0.25) is 0 Å². The molecular formula is C14H11NO2. The standard InChI is InChI=1S/C14H11NO2/c1-15-11-4-2-3-5-13(11)17-14-8-10(9-16)6-7-12(14)15/h2-9H,1H3. The molecule has 0 spiro atoms. The molecule has 0 aromatic heterocycles. The summed E-state index contributed by atoms with van der Waals surface area (Å²) in [7, 11) is 1.99. The minimum absolute atomic E-state index is 0.622. The number of hydrogen-bond donors (Lipinski definition) is 0. The van der Waals surface area contributed by atoms with Crippen LogP contribution in [0.4, 0.5) is 11.4 Å². The minimum Gasteiger partial charge on any atom is -0.453 e. The molecule has 0 bridgehead atoms. The van der Waals surface area contributed by atoms with Gasteiger partial charge < -0.3 is 9.64 Å². The fraction of sp³-hybridized carbons (Fsp3) is 0.0714. The number of ether oxygens (including phenoxy) is 1. The molecule has 0 aliphatic carbocycles. The normalized spacial score (nSPS) is 12.4. The molecule has 3 rings (SSSR count). The van der Waals surface area contributed by atoms with Crippen LogP contribution in [0.25, 0.3) is 0 Å². The summed E-state index contributed by atoms with van der Waals surface area (Å²) in [4.78, 5) is 12.8. The molecule has 0 radical (unpaired) electrons. The van der Waals surface area contributed by atoms with Crippen LogP contribution < -0.4 is 9.64 Å². The number of nitrogens with zero attached hydrogens (tertiary/aromatic N) is 1. The Bertz CT molecular complexity index is 593. The van der Waals surface area contributed by atoms with E-state index in [-0.39, 0.29) is 0 Å². The molecule has 2 aromatic carbocycles. The SMILES string of the molecule is CN1c2ccccc2Oc2cc(C=O)ccc21. The molecule has 1 heterocycles. The summed E-state index contributed by atoms with van der Waals surface area (Å²) in [6.07, 6.45) is 0.824. The largest absolute Gasteiger partial charge is 0.453 e. The first-order chi connectivity index (χ1) is 8.29. The van der Waals surface area contributed by atoms with Gasteiger partial charge >= 0.3 is 0 Å². The van der Waals surface area contributed by atoms with Crippen LogP contribution in [0.3, 0.4) is 0 Å². The summed E-state index contributed by atoms with van der Waals surface area (Å²) < 4.78 is 5.79. The minimum atomic E-state index is 0.622. The van der Waals surface area contributed by atoms with Crippen molar-refractivity contribution in [2.45, 2.75) is 0 Å². The zero-order valence-corrected chi connectivity index (χ0v) is 9.38. The van der Waals surface area contributed by atoms with Gasteiger partial charge in [0, 0.05) is 12.6 Å². The van der Waals surface area contributed by atoms with E-state index in [1.54, 1.807) is 12.1 Å². The molecular weight excluding hydrogens is 214 g/mol. The molecule has 0 amide bonds. The van der Waals surface area contributed by atoms with Crippen molar-refractivity contribution in [3.63, 3.8) is 0 Å². The summed E-state index contributed by atoms with van der Waals surface area (Å²) >= 11 is 0. The van der Waals surface area contributed by atoms with Gasteiger partial charge in [-0.05, 0) is 30.3 Å². The molecule has 0 N–H and O–H groups in total. The molecule has 3 heteroatoms. The van der Waals surface area contributed by atoms with E-state index in [1.807, 2.05) is 37.4 Å². The van der Waals surface area contributed by atoms with Gasteiger partial charge in [0.1, 0.15) is 6.29 Å². The Morgan fingerprint density at radius 3 is 2.65 bits per heavy atom. The number of benzene rings is 2. The molecule has 1 aliphatic heterocycles. The monoisotopic (exact) mass is 225 g/mol. The molecule has 3 nitrogen and oxygen atoms in total. The number of hydrogen-bond acceptors (Lipinski definition) is 3. The zero-order valence-electron chi connectivity index (χ0n) is 9.38. The van der Waals surface area contributed by atoms with Gasteiger partial charge in [0.15, 0.2) is 11.5 Å². The second-order valence-corrected chi connectivity index (χ2v) is 3.97. The smallest absolute Gasteiger partial charge is 0.151 e. The van der Waals surface area contributed by atoms with E-state index in [9.17, 15) is 4.79 Å². The summed E-state index contributed by atoms with van der Waals surface area (Å²) in [5, 5.41) is 0. The Balaban J connectivity index is 2.15. The van der Waals surface area contributed by atoms with Gasteiger partial charge in [-0.2, -0.15) is 0 Å². The number of carbonyl (C=O) groups is 1. The average Bonchev–Trinajstić information content (AvgIpc) is 2.38. The number of rotatable bonds is 1. The second-order valence-electron chi connectivity index (χ2n) is 3.97. The van der Waals surface area contributed by atoms with Crippen LogP contribution in [0.15, 0.2) is 42.5 Å². The van der Waals surface area contributed by atoms with Crippen LogP contribution in [-0.2, 0) is 0 Å². The van der Waals surface area contributed by atoms with E-state index in [2.05, 4.69) is 4.90 Å². The van der Waals surface area contributed by atoms with E-state index >= 15 is 0 Å². The van der Waals surface area contributed by atoms with Crippen molar-refractivity contribution in [3.05, 3.63) is 48.0 Å². The first-order valence-electron chi connectivity index (χ1n) is 5.39. The predicted molar refractivity (Wildman–Crippen MR) is 66.4 cm³/mol. The highest BCUT2D eigenvalue weighted by atomic mass is 16.5. The van der Waals surface area contributed by atoms with Gasteiger partial charge in [-0.3, -0.25) is 4.79 Å². The van der Waals surface area contributed by atoms with Crippen molar-refractivity contribution in [1.29, 1.82) is 0 Å². The highest BCUT2D eigenvalue weighted by Crippen LogP contribution is 2.45. The van der Waals surface area contributed by atoms with Crippen LogP contribution in [0.5, 0.6) is 11.5 Å². The van der Waals surface area contributed by atoms with Crippen molar-refractivity contribution >= 4 is 17.7 Å². The quantitative estimate of drug-likeness (QED) is 0.697. The van der Waals surface area contributed by atoms with Gasteiger partial charge in [-0.1, -0.05) is 12.1 Å². The third kappa shape index (κ3) is 1.47. The number of para-hydroxylation sites is 2. The molecule has 0 fully saturated rings. The van der Waals surface area contributed by atoms with Gasteiger partial charge in [0.05, 0.1) is 11.4 Å². The fourth-order valence-corrected chi connectivity index (χ4v) is 2.03. The van der Waals surface area contributed by atoms with E-state index in [0.29, 0.717) is 5.56 Å². The number of fused-ring (bicyclic) bond motifs is 2. The van der Waals surface area contributed by atoms with Crippen LogP contribution >= 0.6 is 0 Å². The maximum absolute atomic E-state index is 10.8. The Morgan fingerprint density at radius 2 is 1.82 bits per heavy atom. The zero-order chi connectivity index (χ0) is 11.8. The third-order valence-corrected chi connectivity index (χ3v) is 2.93. The van der Waals surface area contributed by atoms with Crippen LogP contribution in [0.2, 0.25) is 0 Å². The highest BCUT2D eigenvalue weighted by molar-refractivity contribution is 5.82. The number of carbonyl (C=O) groups excluding carboxylic acids is 1. The average molecular weight is 225 g/mol. The fourth-order valence-electron chi connectivity index (χ4n) is 2.03. The first kappa shape index (κ1) is 9.90.